The largest absolute Gasteiger partial charge is 0.372 e. The Morgan fingerprint density at radius 1 is 1.56 bits per heavy atom. The molecular weight excluding hydrogens is 204 g/mol. The van der Waals surface area contributed by atoms with E-state index in [1.54, 1.807) is 0 Å². The predicted octanol–water partition coefficient (Wildman–Crippen LogP) is 1.01. The van der Waals surface area contributed by atoms with Gasteiger partial charge >= 0.3 is 0 Å². The van der Waals surface area contributed by atoms with Crippen molar-refractivity contribution < 1.29 is 9.53 Å². The number of amides is 1. The van der Waals surface area contributed by atoms with E-state index in [1.165, 1.54) is 0 Å². The Balaban J connectivity index is 2.41. The third kappa shape index (κ3) is 4.10. The van der Waals surface area contributed by atoms with Gasteiger partial charge < -0.3 is 15.0 Å². The van der Waals surface area contributed by atoms with Gasteiger partial charge in [0.15, 0.2) is 0 Å². The molecule has 0 radical (unpaired) electrons. The molecule has 1 aliphatic heterocycles. The number of hydrogen-bond acceptors (Lipinski definition) is 3. The molecule has 4 nitrogen and oxygen atoms in total. The zero-order chi connectivity index (χ0) is 12.2. The first-order chi connectivity index (χ1) is 7.44. The van der Waals surface area contributed by atoms with Gasteiger partial charge in [0.25, 0.3) is 0 Å². The minimum absolute atomic E-state index is 0.199. The molecule has 1 saturated heterocycles. The smallest absolute Gasteiger partial charge is 0.224 e. The Labute approximate surface area is 98.3 Å². The zero-order valence-electron chi connectivity index (χ0n) is 10.9. The Morgan fingerprint density at radius 2 is 2.25 bits per heavy atom. The molecule has 1 aliphatic rings. The molecule has 1 unspecified atom stereocenters. The Bertz CT molecular complexity index is 241. The number of carbonyl (C=O) groups is 1. The summed E-state index contributed by atoms with van der Waals surface area (Å²) in [6.07, 6.45) is 0.573. The van der Waals surface area contributed by atoms with Crippen molar-refractivity contribution in [3.05, 3.63) is 0 Å². The molecule has 0 aliphatic carbocycles. The SMILES string of the molecule is CCNC(C)CC(=O)N1CCOC(C)(C)C1. The van der Waals surface area contributed by atoms with Crippen molar-refractivity contribution in [1.82, 2.24) is 10.2 Å². The van der Waals surface area contributed by atoms with Crippen LogP contribution in [-0.4, -0.2) is 48.7 Å². The van der Waals surface area contributed by atoms with Crippen LogP contribution in [0.3, 0.4) is 0 Å². The van der Waals surface area contributed by atoms with Crippen molar-refractivity contribution in [2.45, 2.75) is 45.8 Å². The number of morpholine rings is 1. The normalized spacial score (nSPS) is 21.9. The van der Waals surface area contributed by atoms with E-state index >= 15 is 0 Å². The molecular formula is C12H24N2O2. The monoisotopic (exact) mass is 228 g/mol. The van der Waals surface area contributed by atoms with Crippen LogP contribution < -0.4 is 5.32 Å². The highest BCUT2D eigenvalue weighted by Gasteiger charge is 2.30. The molecule has 0 aromatic heterocycles. The Kier molecular flexibility index (Phi) is 4.74. The van der Waals surface area contributed by atoms with Gasteiger partial charge in [-0.15, -0.1) is 0 Å². The van der Waals surface area contributed by atoms with Gasteiger partial charge in [0.1, 0.15) is 0 Å². The topological polar surface area (TPSA) is 41.6 Å². The summed E-state index contributed by atoms with van der Waals surface area (Å²) in [5.74, 6) is 0.227. The van der Waals surface area contributed by atoms with Crippen molar-refractivity contribution in [2.75, 3.05) is 26.2 Å². The van der Waals surface area contributed by atoms with Crippen LogP contribution in [0.2, 0.25) is 0 Å². The maximum absolute atomic E-state index is 12.0. The van der Waals surface area contributed by atoms with Gasteiger partial charge in [-0.05, 0) is 27.3 Å². The van der Waals surface area contributed by atoms with E-state index in [-0.39, 0.29) is 17.6 Å². The molecule has 4 heteroatoms. The van der Waals surface area contributed by atoms with Gasteiger partial charge in [-0.2, -0.15) is 0 Å². The molecule has 0 aromatic rings. The summed E-state index contributed by atoms with van der Waals surface area (Å²) in [5, 5.41) is 3.26. The molecule has 0 saturated carbocycles. The lowest BCUT2D eigenvalue weighted by molar-refractivity contribution is -0.146. The lowest BCUT2D eigenvalue weighted by Gasteiger charge is -2.38. The molecule has 0 spiro atoms. The Hall–Kier alpha value is -0.610. The van der Waals surface area contributed by atoms with Crippen LogP contribution in [0.1, 0.15) is 34.1 Å². The third-order valence-electron chi connectivity index (χ3n) is 2.81. The zero-order valence-corrected chi connectivity index (χ0v) is 10.9. The molecule has 94 valence electrons. The van der Waals surface area contributed by atoms with Crippen molar-refractivity contribution in [2.24, 2.45) is 0 Å². The van der Waals surface area contributed by atoms with Crippen LogP contribution in [0.25, 0.3) is 0 Å². The highest BCUT2D eigenvalue weighted by molar-refractivity contribution is 5.77. The summed E-state index contributed by atoms with van der Waals surface area (Å²) in [6.45, 7) is 11.1. The molecule has 16 heavy (non-hydrogen) atoms. The first-order valence-electron chi connectivity index (χ1n) is 6.10. The molecule has 1 heterocycles. The predicted molar refractivity (Wildman–Crippen MR) is 64.4 cm³/mol. The minimum atomic E-state index is -0.199. The van der Waals surface area contributed by atoms with Crippen LogP contribution in [0.5, 0.6) is 0 Å². The summed E-state index contributed by atoms with van der Waals surface area (Å²) in [7, 11) is 0. The van der Waals surface area contributed by atoms with Gasteiger partial charge in [-0.25, -0.2) is 0 Å². The van der Waals surface area contributed by atoms with Crippen LogP contribution >= 0.6 is 0 Å². The van der Waals surface area contributed by atoms with E-state index in [9.17, 15) is 4.79 Å². The van der Waals surface area contributed by atoms with Crippen LogP contribution in [0, 0.1) is 0 Å². The fourth-order valence-electron chi connectivity index (χ4n) is 2.04. The molecule has 1 N–H and O–H groups in total. The second-order valence-corrected chi connectivity index (χ2v) is 5.09. The number of carbonyl (C=O) groups excluding carboxylic acids is 1. The van der Waals surface area contributed by atoms with Gasteiger partial charge in [-0.3, -0.25) is 4.79 Å². The van der Waals surface area contributed by atoms with Crippen LogP contribution in [0.15, 0.2) is 0 Å². The van der Waals surface area contributed by atoms with Crippen molar-refractivity contribution >= 4 is 5.91 Å². The number of rotatable bonds is 4. The second kappa shape index (κ2) is 5.64. The number of nitrogens with zero attached hydrogens (tertiary/aromatic N) is 1. The lowest BCUT2D eigenvalue weighted by Crippen LogP contribution is -2.51. The average molecular weight is 228 g/mol. The highest BCUT2D eigenvalue weighted by atomic mass is 16.5. The van der Waals surface area contributed by atoms with E-state index in [0.717, 1.165) is 13.1 Å². The van der Waals surface area contributed by atoms with E-state index in [2.05, 4.69) is 12.2 Å². The molecule has 1 amide bonds. The summed E-state index contributed by atoms with van der Waals surface area (Å²) in [5.41, 5.74) is -0.199. The van der Waals surface area contributed by atoms with Gasteiger partial charge in [0.2, 0.25) is 5.91 Å². The molecule has 1 atom stereocenters. The summed E-state index contributed by atoms with van der Waals surface area (Å²) in [6, 6.07) is 0.253. The van der Waals surface area contributed by atoms with E-state index in [4.69, 9.17) is 4.74 Å². The summed E-state index contributed by atoms with van der Waals surface area (Å²) >= 11 is 0. The van der Waals surface area contributed by atoms with Crippen molar-refractivity contribution in [1.29, 1.82) is 0 Å². The average Bonchev–Trinajstić information content (AvgIpc) is 2.16. The van der Waals surface area contributed by atoms with Gasteiger partial charge in [-0.1, -0.05) is 6.92 Å². The number of hydrogen-bond donors (Lipinski definition) is 1. The fourth-order valence-corrected chi connectivity index (χ4v) is 2.04. The van der Waals surface area contributed by atoms with Crippen molar-refractivity contribution in [3.63, 3.8) is 0 Å². The first-order valence-corrected chi connectivity index (χ1v) is 6.10. The standard InChI is InChI=1S/C12H24N2O2/c1-5-13-10(2)8-11(15)14-6-7-16-12(3,4)9-14/h10,13H,5-9H2,1-4H3. The van der Waals surface area contributed by atoms with Gasteiger partial charge in [0, 0.05) is 25.6 Å². The van der Waals surface area contributed by atoms with E-state index < -0.39 is 0 Å². The molecule has 1 fully saturated rings. The van der Waals surface area contributed by atoms with Crippen LogP contribution in [0.4, 0.5) is 0 Å². The van der Waals surface area contributed by atoms with Crippen molar-refractivity contribution in [3.8, 4) is 0 Å². The second-order valence-electron chi connectivity index (χ2n) is 5.09. The maximum Gasteiger partial charge on any atom is 0.224 e. The third-order valence-corrected chi connectivity index (χ3v) is 2.81. The molecule has 1 rings (SSSR count). The molecule has 0 bridgehead atoms. The number of nitrogens with one attached hydrogen (secondary N) is 1. The quantitative estimate of drug-likeness (QED) is 0.781. The van der Waals surface area contributed by atoms with Crippen LogP contribution in [-0.2, 0) is 9.53 Å². The highest BCUT2D eigenvalue weighted by Crippen LogP contribution is 2.17. The minimum Gasteiger partial charge on any atom is -0.372 e. The molecule has 0 aromatic carbocycles. The summed E-state index contributed by atoms with van der Waals surface area (Å²) < 4.78 is 5.59. The lowest BCUT2D eigenvalue weighted by atomic mass is 10.1. The number of ether oxygens (including phenoxy) is 1. The Morgan fingerprint density at radius 3 is 2.81 bits per heavy atom. The van der Waals surface area contributed by atoms with E-state index in [0.29, 0.717) is 19.6 Å². The maximum atomic E-state index is 12.0. The first kappa shape index (κ1) is 13.5. The van der Waals surface area contributed by atoms with Gasteiger partial charge in [0.05, 0.1) is 12.2 Å². The summed E-state index contributed by atoms with van der Waals surface area (Å²) in [4.78, 5) is 13.9. The van der Waals surface area contributed by atoms with E-state index in [1.807, 2.05) is 25.7 Å². The fraction of sp³-hybridized carbons (Fsp3) is 0.917.